The van der Waals surface area contributed by atoms with E-state index in [1.54, 1.807) is 58.5 Å². The number of hydrogen-bond donors (Lipinski definition) is 2. The van der Waals surface area contributed by atoms with Gasteiger partial charge in [-0.25, -0.2) is 37.5 Å². The summed E-state index contributed by atoms with van der Waals surface area (Å²) in [6, 6.07) is 11.4. The van der Waals surface area contributed by atoms with E-state index in [2.05, 4.69) is 25.0 Å². The Kier molecular flexibility index (Phi) is 9.65. The SMILES string of the molecule is Cc1ccc2c(NS(=O)(=O)Cc3cscn3)c(F)ccc2c1Oc1ncccc1-c1ccnc(N[C@H]2CCCN(C(=O)OC(C)(C)C)C2)n1. The van der Waals surface area contributed by atoms with Gasteiger partial charge in [-0.3, -0.25) is 4.72 Å². The van der Waals surface area contributed by atoms with Gasteiger partial charge in [0, 0.05) is 47.7 Å². The number of pyridine rings is 1. The average molecular weight is 706 g/mol. The van der Waals surface area contributed by atoms with Crippen LogP contribution in [0.15, 0.2) is 65.7 Å². The number of hydrogen-bond acceptors (Lipinski definition) is 11. The molecule has 1 fully saturated rings. The molecule has 0 bridgehead atoms. The van der Waals surface area contributed by atoms with E-state index in [1.165, 1.54) is 17.4 Å². The van der Waals surface area contributed by atoms with Crippen molar-refractivity contribution in [2.45, 2.75) is 57.9 Å². The number of benzene rings is 2. The van der Waals surface area contributed by atoms with E-state index in [1.807, 2.05) is 33.8 Å². The predicted molar refractivity (Wildman–Crippen MR) is 187 cm³/mol. The highest BCUT2D eigenvalue weighted by molar-refractivity contribution is 7.91. The van der Waals surface area contributed by atoms with Crippen molar-refractivity contribution in [1.29, 1.82) is 0 Å². The lowest BCUT2D eigenvalue weighted by Gasteiger charge is -2.34. The third-order valence-electron chi connectivity index (χ3n) is 7.68. The largest absolute Gasteiger partial charge is 0.444 e. The van der Waals surface area contributed by atoms with E-state index in [0.29, 0.717) is 52.5 Å². The number of fused-ring (bicyclic) bond motifs is 1. The van der Waals surface area contributed by atoms with Crippen molar-refractivity contribution in [3.8, 4) is 22.9 Å². The summed E-state index contributed by atoms with van der Waals surface area (Å²) in [6.45, 7) is 8.43. The van der Waals surface area contributed by atoms with E-state index in [-0.39, 0.29) is 23.7 Å². The van der Waals surface area contributed by atoms with Crippen LogP contribution in [-0.4, -0.2) is 64.1 Å². The number of thiazole rings is 1. The third kappa shape index (κ3) is 8.23. The molecule has 256 valence electrons. The minimum atomic E-state index is -3.97. The third-order valence-corrected chi connectivity index (χ3v) is 9.51. The van der Waals surface area contributed by atoms with Crippen molar-refractivity contribution < 1.29 is 27.1 Å². The summed E-state index contributed by atoms with van der Waals surface area (Å²) in [4.78, 5) is 32.0. The lowest BCUT2D eigenvalue weighted by Crippen LogP contribution is -2.47. The van der Waals surface area contributed by atoms with Crippen molar-refractivity contribution in [2.24, 2.45) is 0 Å². The summed E-state index contributed by atoms with van der Waals surface area (Å²) in [7, 11) is -3.97. The van der Waals surface area contributed by atoms with Crippen molar-refractivity contribution in [1.82, 2.24) is 24.8 Å². The molecule has 1 atom stereocenters. The van der Waals surface area contributed by atoms with Crippen molar-refractivity contribution in [3.05, 3.63) is 82.8 Å². The van der Waals surface area contributed by atoms with Crippen molar-refractivity contribution in [2.75, 3.05) is 23.1 Å². The minimum Gasteiger partial charge on any atom is -0.444 e. The van der Waals surface area contributed by atoms with E-state index in [4.69, 9.17) is 14.5 Å². The van der Waals surface area contributed by atoms with Gasteiger partial charge >= 0.3 is 6.09 Å². The highest BCUT2D eigenvalue weighted by Crippen LogP contribution is 2.40. The maximum absolute atomic E-state index is 15.2. The molecule has 1 aliphatic heterocycles. The van der Waals surface area contributed by atoms with Gasteiger partial charge in [0.2, 0.25) is 21.9 Å². The number of anilines is 2. The molecule has 12 nitrogen and oxygen atoms in total. The summed E-state index contributed by atoms with van der Waals surface area (Å²) >= 11 is 1.28. The first-order valence-electron chi connectivity index (χ1n) is 15.7. The van der Waals surface area contributed by atoms with Crippen LogP contribution in [0.5, 0.6) is 11.6 Å². The normalized spacial score (nSPS) is 15.2. The summed E-state index contributed by atoms with van der Waals surface area (Å²) in [5, 5.41) is 5.80. The highest BCUT2D eigenvalue weighted by atomic mass is 32.2. The number of nitrogens with one attached hydrogen (secondary N) is 2. The number of carbonyl (C=O) groups excluding carboxylic acids is 1. The molecular formula is C34H36FN7O5S2. The second-order valence-corrected chi connectivity index (χ2v) is 15.1. The van der Waals surface area contributed by atoms with Gasteiger partial charge in [0.15, 0.2) is 0 Å². The molecule has 3 aromatic heterocycles. The molecule has 1 amide bonds. The predicted octanol–water partition coefficient (Wildman–Crippen LogP) is 7.14. The Hall–Kier alpha value is -4.89. The number of likely N-dealkylation sites (tertiary alicyclic amines) is 1. The number of carbonyl (C=O) groups is 1. The van der Waals surface area contributed by atoms with E-state index in [0.717, 1.165) is 18.4 Å². The molecule has 6 rings (SSSR count). The molecule has 49 heavy (non-hydrogen) atoms. The molecule has 4 heterocycles. The van der Waals surface area contributed by atoms with Gasteiger partial charge in [0.1, 0.15) is 22.9 Å². The van der Waals surface area contributed by atoms with Crippen LogP contribution in [0.25, 0.3) is 22.0 Å². The Morgan fingerprint density at radius 3 is 2.67 bits per heavy atom. The van der Waals surface area contributed by atoms with Crippen LogP contribution in [0, 0.1) is 12.7 Å². The Morgan fingerprint density at radius 2 is 1.90 bits per heavy atom. The molecule has 1 aliphatic rings. The van der Waals surface area contributed by atoms with Gasteiger partial charge in [-0.1, -0.05) is 12.1 Å². The maximum Gasteiger partial charge on any atom is 0.410 e. The molecule has 0 radical (unpaired) electrons. The zero-order chi connectivity index (χ0) is 34.8. The first-order valence-corrected chi connectivity index (χ1v) is 18.2. The van der Waals surface area contributed by atoms with E-state index in [9.17, 15) is 13.2 Å². The van der Waals surface area contributed by atoms with Gasteiger partial charge in [0.05, 0.1) is 28.1 Å². The van der Waals surface area contributed by atoms with Gasteiger partial charge in [0.25, 0.3) is 0 Å². The molecule has 2 N–H and O–H groups in total. The van der Waals surface area contributed by atoms with Crippen LogP contribution in [-0.2, 0) is 20.5 Å². The van der Waals surface area contributed by atoms with Gasteiger partial charge in [-0.05, 0) is 76.4 Å². The molecule has 0 aliphatic carbocycles. The number of amides is 1. The number of piperidine rings is 1. The highest BCUT2D eigenvalue weighted by Gasteiger charge is 2.28. The summed E-state index contributed by atoms with van der Waals surface area (Å²) in [5.74, 6) is -0.108. The fourth-order valence-electron chi connectivity index (χ4n) is 5.51. The maximum atomic E-state index is 15.2. The monoisotopic (exact) mass is 705 g/mol. The van der Waals surface area contributed by atoms with Crippen LogP contribution in [0.3, 0.4) is 0 Å². The second-order valence-electron chi connectivity index (χ2n) is 12.7. The summed E-state index contributed by atoms with van der Waals surface area (Å²) < 4.78 is 55.5. The topological polar surface area (TPSA) is 149 Å². The lowest BCUT2D eigenvalue weighted by molar-refractivity contribution is 0.0206. The molecule has 0 unspecified atom stereocenters. The Balaban J connectivity index is 1.26. The number of sulfonamides is 1. The first kappa shape index (κ1) is 34.0. The van der Waals surface area contributed by atoms with Crippen LogP contribution in [0.1, 0.15) is 44.9 Å². The van der Waals surface area contributed by atoms with Crippen LogP contribution < -0.4 is 14.8 Å². The molecular weight excluding hydrogens is 670 g/mol. The number of aryl methyl sites for hydroxylation is 1. The molecule has 5 aromatic rings. The fourth-order valence-corrected chi connectivity index (χ4v) is 7.31. The fraction of sp³-hybridized carbons (Fsp3) is 0.324. The number of nitrogens with zero attached hydrogens (tertiary/aromatic N) is 5. The number of ether oxygens (including phenoxy) is 2. The quantitative estimate of drug-likeness (QED) is 0.162. The Morgan fingerprint density at radius 1 is 1.08 bits per heavy atom. The number of rotatable bonds is 9. The lowest BCUT2D eigenvalue weighted by atomic mass is 10.0. The second kappa shape index (κ2) is 13.9. The number of halogens is 1. The Bertz CT molecular complexity index is 2090. The smallest absolute Gasteiger partial charge is 0.410 e. The first-order chi connectivity index (χ1) is 23.3. The summed E-state index contributed by atoms with van der Waals surface area (Å²) in [6.07, 6.45) is 4.51. The standard InChI is InChI=1S/C34H36FN7O5S2/c1-21-9-10-24-25(11-12-27(35)29(24)41-49(44,45)19-23-18-48-20-38-23)30(21)46-31-26(8-5-14-36-31)28-13-15-37-32(40-28)39-22-7-6-16-42(17-22)33(43)47-34(2,3)4/h5,8-15,18,20,22,41H,6-7,16-17,19H2,1-4H3,(H,37,39,40)/t22-/m0/s1. The molecule has 0 saturated carbocycles. The van der Waals surface area contributed by atoms with Gasteiger partial charge < -0.3 is 19.7 Å². The molecule has 15 heteroatoms. The molecule has 2 aromatic carbocycles. The van der Waals surface area contributed by atoms with Crippen LogP contribution in [0.4, 0.5) is 20.8 Å². The average Bonchev–Trinajstić information content (AvgIpc) is 3.55. The van der Waals surface area contributed by atoms with Crippen molar-refractivity contribution in [3.63, 3.8) is 0 Å². The number of aromatic nitrogens is 4. The molecule has 0 spiro atoms. The van der Waals surface area contributed by atoms with Crippen molar-refractivity contribution >= 4 is 49.9 Å². The van der Waals surface area contributed by atoms with Gasteiger partial charge in [-0.15, -0.1) is 11.3 Å². The summed E-state index contributed by atoms with van der Waals surface area (Å²) in [5.41, 5.74) is 2.99. The van der Waals surface area contributed by atoms with E-state index < -0.39 is 27.2 Å². The zero-order valence-electron chi connectivity index (χ0n) is 27.4. The van der Waals surface area contributed by atoms with Gasteiger partial charge in [-0.2, -0.15) is 0 Å². The van der Waals surface area contributed by atoms with Crippen LogP contribution in [0.2, 0.25) is 0 Å². The van der Waals surface area contributed by atoms with E-state index >= 15 is 4.39 Å². The molecule has 1 saturated heterocycles. The minimum absolute atomic E-state index is 0.0759. The Labute approximate surface area is 287 Å². The van der Waals surface area contributed by atoms with Crippen LogP contribution >= 0.6 is 11.3 Å². The zero-order valence-corrected chi connectivity index (χ0v) is 29.1.